The number of nitrogens with one attached hydrogen (secondary N) is 2. The van der Waals surface area contributed by atoms with Crippen molar-refractivity contribution in [3.05, 3.63) is 71.7 Å². The summed E-state index contributed by atoms with van der Waals surface area (Å²) in [7, 11) is 3.57. The Kier molecular flexibility index (Phi) is 8.73. The van der Waals surface area contributed by atoms with Crippen LogP contribution >= 0.6 is 0 Å². The first-order valence-corrected chi connectivity index (χ1v) is 18.4. The number of aromatic nitrogens is 4. The van der Waals surface area contributed by atoms with Crippen LogP contribution in [-0.2, 0) is 9.59 Å². The number of hydrogen-bond acceptors (Lipinski definition) is 9. The number of rotatable bonds is 8. The lowest BCUT2D eigenvalue weighted by atomic mass is 9.71. The van der Waals surface area contributed by atoms with Gasteiger partial charge >= 0.3 is 0 Å². The molecular formula is C39H47N9O3. The van der Waals surface area contributed by atoms with Crippen LogP contribution in [0.3, 0.4) is 0 Å². The lowest BCUT2D eigenvalue weighted by molar-refractivity contribution is -0.134. The Morgan fingerprint density at radius 3 is 2.39 bits per heavy atom. The summed E-state index contributed by atoms with van der Waals surface area (Å²) in [6, 6.07) is 14.9. The van der Waals surface area contributed by atoms with Crippen molar-refractivity contribution in [3.63, 3.8) is 0 Å². The first-order valence-electron chi connectivity index (χ1n) is 18.4. The predicted octanol–water partition coefficient (Wildman–Crippen LogP) is 5.57. The lowest BCUT2D eigenvalue weighted by Crippen LogP contribution is -2.60. The number of benzene rings is 1. The van der Waals surface area contributed by atoms with E-state index >= 15 is 0 Å². The van der Waals surface area contributed by atoms with Crippen LogP contribution in [0.2, 0.25) is 0 Å². The third kappa shape index (κ3) is 6.45. The van der Waals surface area contributed by atoms with E-state index in [1.54, 1.807) is 25.2 Å². The number of amides is 3. The molecule has 51 heavy (non-hydrogen) atoms. The summed E-state index contributed by atoms with van der Waals surface area (Å²) in [6.07, 6.45) is 11.5. The average molecular weight is 690 g/mol. The normalized spacial score (nSPS) is 21.5. The molecule has 266 valence electrons. The zero-order chi connectivity index (χ0) is 35.3. The summed E-state index contributed by atoms with van der Waals surface area (Å²) in [6.45, 7) is 6.48. The van der Waals surface area contributed by atoms with Gasteiger partial charge in [-0.1, -0.05) is 31.0 Å². The van der Waals surface area contributed by atoms with E-state index in [-0.39, 0.29) is 35.7 Å². The fourth-order valence-corrected chi connectivity index (χ4v) is 8.62. The number of hydrogen-bond donors (Lipinski definition) is 2. The molecule has 1 saturated carbocycles. The quantitative estimate of drug-likeness (QED) is 0.228. The molecule has 0 bridgehead atoms. The fraction of sp³-hybridized carbons (Fsp3) is 0.487. The molecule has 2 N–H and O–H groups in total. The van der Waals surface area contributed by atoms with Gasteiger partial charge in [-0.3, -0.25) is 24.6 Å². The van der Waals surface area contributed by atoms with Gasteiger partial charge in [-0.25, -0.2) is 9.97 Å². The smallest absolute Gasteiger partial charge is 0.270 e. The summed E-state index contributed by atoms with van der Waals surface area (Å²) < 4.78 is 2.13. The Balaban J connectivity index is 0.864. The first-order chi connectivity index (χ1) is 24.7. The molecule has 1 aliphatic carbocycles. The molecule has 2 atom stereocenters. The van der Waals surface area contributed by atoms with Gasteiger partial charge in [0, 0.05) is 82.2 Å². The van der Waals surface area contributed by atoms with Crippen LogP contribution < -0.4 is 15.5 Å². The molecule has 4 aromatic rings. The molecule has 3 saturated heterocycles. The van der Waals surface area contributed by atoms with E-state index in [2.05, 4.69) is 55.1 Å². The molecule has 8 rings (SSSR count). The number of nitrogens with zero attached hydrogens (tertiary/aromatic N) is 7. The van der Waals surface area contributed by atoms with Crippen molar-refractivity contribution >= 4 is 46.2 Å². The predicted molar refractivity (Wildman–Crippen MR) is 196 cm³/mol. The minimum atomic E-state index is -0.244. The lowest BCUT2D eigenvalue weighted by Gasteiger charge is -2.56. The maximum absolute atomic E-state index is 13.1. The first kappa shape index (κ1) is 33.3. The van der Waals surface area contributed by atoms with E-state index in [1.165, 1.54) is 11.3 Å². The number of piperidine rings is 2. The highest BCUT2D eigenvalue weighted by Crippen LogP contribution is 2.45. The third-order valence-corrected chi connectivity index (χ3v) is 11.7. The van der Waals surface area contributed by atoms with Gasteiger partial charge in [0.15, 0.2) is 0 Å². The van der Waals surface area contributed by atoms with Crippen LogP contribution in [0.5, 0.6) is 0 Å². The van der Waals surface area contributed by atoms with E-state index in [0.717, 1.165) is 81.3 Å². The highest BCUT2D eigenvalue weighted by molar-refractivity contribution is 6.01. The zero-order valence-electron chi connectivity index (χ0n) is 29.8. The third-order valence-electron chi connectivity index (χ3n) is 11.7. The Bertz CT molecular complexity index is 1930. The summed E-state index contributed by atoms with van der Waals surface area (Å²) in [5.74, 6) is 0.531. The van der Waals surface area contributed by atoms with Crippen LogP contribution in [0.25, 0.3) is 11.0 Å². The van der Waals surface area contributed by atoms with E-state index in [0.29, 0.717) is 35.7 Å². The molecule has 4 fully saturated rings. The monoisotopic (exact) mass is 689 g/mol. The highest BCUT2D eigenvalue weighted by Gasteiger charge is 2.46. The maximum atomic E-state index is 13.1. The summed E-state index contributed by atoms with van der Waals surface area (Å²) in [4.78, 5) is 57.7. The summed E-state index contributed by atoms with van der Waals surface area (Å²) in [5.41, 5.74) is 5.17. The van der Waals surface area contributed by atoms with E-state index in [1.807, 2.05) is 30.5 Å². The van der Waals surface area contributed by atoms with Crippen LogP contribution in [0.1, 0.15) is 97.9 Å². The van der Waals surface area contributed by atoms with Gasteiger partial charge in [-0.05, 0) is 79.8 Å². The summed E-state index contributed by atoms with van der Waals surface area (Å²) in [5, 5.41) is 6.63. The minimum absolute atomic E-state index is 0.0185. The molecule has 0 radical (unpaired) electrons. The largest absolute Gasteiger partial charge is 0.371 e. The van der Waals surface area contributed by atoms with Gasteiger partial charge in [0.05, 0.1) is 5.92 Å². The van der Waals surface area contributed by atoms with Gasteiger partial charge in [-0.15, -0.1) is 0 Å². The van der Waals surface area contributed by atoms with Crippen LogP contribution in [0, 0.1) is 5.41 Å². The number of likely N-dealkylation sites (tertiary alicyclic amines) is 1. The van der Waals surface area contributed by atoms with E-state index < -0.39 is 0 Å². The van der Waals surface area contributed by atoms with Gasteiger partial charge in [-0.2, -0.15) is 4.98 Å². The SMILES string of the molecule is C[C@@H](c1ccc(Nc2ncc3cc(C(=O)N(C)C)n(C4CCCC4)c3n2)nc1)N1CC2(CCN(c3ccc([C@@H]4CCC(=O)NC4=O)cc3)CC2)C1. The standard InChI is InChI=1S/C39H47N9O3/c1-25(47-23-39(24-47)16-18-46(19-17-39)29-11-8-26(9-12-29)31-13-15-34(49)43-36(31)50)27-10-14-33(40-21-27)42-38-41-22-28-20-32(37(51)45(2)3)48(35(28)44-38)30-6-4-5-7-30/h8-12,14,20-22,25,30-31H,4-7,13,15-19,23-24H2,1-3H3,(H,43,49,50)(H,40,41,42,44)/t25-,31-/m0/s1. The van der Waals surface area contributed by atoms with Gasteiger partial charge in [0.2, 0.25) is 17.8 Å². The van der Waals surface area contributed by atoms with Crippen molar-refractivity contribution in [2.24, 2.45) is 5.41 Å². The number of anilines is 3. The molecule has 1 aromatic carbocycles. The molecular weight excluding hydrogens is 642 g/mol. The maximum Gasteiger partial charge on any atom is 0.270 e. The van der Waals surface area contributed by atoms with Crippen molar-refractivity contribution in [3.8, 4) is 0 Å². The number of carbonyl (C=O) groups is 3. The van der Waals surface area contributed by atoms with Crippen LogP contribution in [0.4, 0.5) is 17.5 Å². The number of imide groups is 1. The zero-order valence-corrected chi connectivity index (χ0v) is 29.8. The molecule has 4 aliphatic rings. The van der Waals surface area contributed by atoms with Crippen molar-refractivity contribution < 1.29 is 14.4 Å². The minimum Gasteiger partial charge on any atom is -0.371 e. The molecule has 12 heteroatoms. The highest BCUT2D eigenvalue weighted by atomic mass is 16.2. The van der Waals surface area contributed by atoms with Crippen molar-refractivity contribution in [2.45, 2.75) is 76.3 Å². The average Bonchev–Trinajstić information content (AvgIpc) is 3.79. The van der Waals surface area contributed by atoms with E-state index in [9.17, 15) is 14.4 Å². The molecule has 3 aliphatic heterocycles. The number of carbonyl (C=O) groups excluding carboxylic acids is 3. The molecule has 3 aromatic heterocycles. The van der Waals surface area contributed by atoms with Crippen LogP contribution in [-0.4, -0.2) is 87.3 Å². The van der Waals surface area contributed by atoms with Gasteiger partial charge < -0.3 is 19.7 Å². The molecule has 1 spiro atoms. The Morgan fingerprint density at radius 1 is 0.980 bits per heavy atom. The molecule has 0 unspecified atom stereocenters. The molecule has 12 nitrogen and oxygen atoms in total. The Labute approximate surface area is 298 Å². The Hall–Kier alpha value is -4.84. The second-order valence-electron chi connectivity index (χ2n) is 15.3. The van der Waals surface area contributed by atoms with Crippen molar-refractivity contribution in [2.75, 3.05) is 50.5 Å². The molecule has 3 amide bonds. The van der Waals surface area contributed by atoms with E-state index in [4.69, 9.17) is 9.97 Å². The topological polar surface area (TPSA) is 129 Å². The van der Waals surface area contributed by atoms with Gasteiger partial charge in [0.25, 0.3) is 5.91 Å². The number of fused-ring (bicyclic) bond motifs is 1. The second kappa shape index (κ2) is 13.4. The Morgan fingerprint density at radius 2 is 1.73 bits per heavy atom. The fourth-order valence-electron chi connectivity index (χ4n) is 8.62. The molecule has 6 heterocycles. The second-order valence-corrected chi connectivity index (χ2v) is 15.3. The van der Waals surface area contributed by atoms with Crippen LogP contribution in [0.15, 0.2) is 54.9 Å². The van der Waals surface area contributed by atoms with Crippen molar-refractivity contribution in [1.82, 2.24) is 34.6 Å². The summed E-state index contributed by atoms with van der Waals surface area (Å²) >= 11 is 0. The van der Waals surface area contributed by atoms with Gasteiger partial charge in [0.1, 0.15) is 17.2 Å². The van der Waals surface area contributed by atoms with Crippen molar-refractivity contribution in [1.29, 1.82) is 0 Å². The number of pyridine rings is 1.